The van der Waals surface area contributed by atoms with Crippen LogP contribution in [-0.2, 0) is 52.8 Å². The van der Waals surface area contributed by atoms with Crippen molar-refractivity contribution in [3.05, 3.63) is 71.5 Å². The third-order valence-electron chi connectivity index (χ3n) is 12.4. The summed E-state index contributed by atoms with van der Waals surface area (Å²) in [6.07, 6.45) is 3.92. The van der Waals surface area contributed by atoms with Crippen molar-refractivity contribution in [3.8, 4) is 28.1 Å². The van der Waals surface area contributed by atoms with Crippen molar-refractivity contribution >= 4 is 34.6 Å². The van der Waals surface area contributed by atoms with Crippen molar-refractivity contribution < 1.29 is 38.5 Å². The standard InChI is InChI=1S/C48H63N7O8/c1-9-53-40-15-14-32(25-36(40)37(26-48(6,7)27-63-30(5)56)43(53)35-13-12-17-49-41(35)29(4)61-8)33-21-31(22-34(57)24-33)23-39(46(59)54-19-11-10-18-50-54)51-45(58)42(28(2)3)55-47(60)44-38(52-55)16-20-62-44/h12-15,17,21-22,24-25,28-29,38-39,42,44,50,52,57H,9-11,16,18-20,23,26-27H2,1-8H3,(H,51,58)/t29-,38+,39-,42?,44-/m0/s1. The van der Waals surface area contributed by atoms with Crippen LogP contribution in [0.2, 0.25) is 0 Å². The molecule has 0 aliphatic carbocycles. The second-order valence-corrected chi connectivity index (χ2v) is 18.2. The van der Waals surface area contributed by atoms with Crippen molar-refractivity contribution in [3.63, 3.8) is 0 Å². The third kappa shape index (κ3) is 9.76. The average molecular weight is 866 g/mol. The van der Waals surface area contributed by atoms with Crippen LogP contribution in [0.4, 0.5) is 0 Å². The van der Waals surface area contributed by atoms with E-state index in [4.69, 9.17) is 19.2 Å². The van der Waals surface area contributed by atoms with Gasteiger partial charge in [0.1, 0.15) is 17.8 Å². The summed E-state index contributed by atoms with van der Waals surface area (Å²) in [4.78, 5) is 58.7. The van der Waals surface area contributed by atoms with Crippen LogP contribution < -0.4 is 16.2 Å². The highest BCUT2D eigenvalue weighted by molar-refractivity contribution is 5.96. The number of esters is 1. The summed E-state index contributed by atoms with van der Waals surface area (Å²) in [6.45, 7) is 15.9. The third-order valence-corrected chi connectivity index (χ3v) is 12.4. The maximum atomic E-state index is 14.3. The monoisotopic (exact) mass is 865 g/mol. The van der Waals surface area contributed by atoms with Crippen LogP contribution in [0.5, 0.6) is 5.75 Å². The smallest absolute Gasteiger partial charge is 0.302 e. The minimum absolute atomic E-state index is 0.0118. The van der Waals surface area contributed by atoms with Gasteiger partial charge in [-0.2, -0.15) is 0 Å². The van der Waals surface area contributed by atoms with Gasteiger partial charge in [0.05, 0.1) is 30.1 Å². The van der Waals surface area contributed by atoms with Gasteiger partial charge in [0.2, 0.25) is 5.91 Å². The Hall–Kier alpha value is -5.35. The number of phenolic OH excluding ortho intramolecular Hbond substituents is 1. The Morgan fingerprint density at radius 2 is 1.87 bits per heavy atom. The van der Waals surface area contributed by atoms with Gasteiger partial charge in [-0.25, -0.2) is 10.9 Å². The molecule has 3 aliphatic heterocycles. The summed E-state index contributed by atoms with van der Waals surface area (Å²) in [7, 11) is 1.67. The SMILES string of the molecule is CCn1c(-c2cccnc2[C@H](C)OC)c(CC(C)(C)COC(C)=O)c2cc(-c3cc(O)cc(C[C@H](NC(=O)C(C(C)C)N4N[C@@H]5CCO[C@@H]5C4=O)C(=O)N4CCCCN4)c3)ccc21. The molecule has 63 heavy (non-hydrogen) atoms. The van der Waals surface area contributed by atoms with Crippen LogP contribution in [0.15, 0.2) is 54.7 Å². The number of fused-ring (bicyclic) bond motifs is 2. The second-order valence-electron chi connectivity index (χ2n) is 18.2. The molecule has 3 fully saturated rings. The van der Waals surface area contributed by atoms with Gasteiger partial charge in [-0.15, -0.1) is 0 Å². The summed E-state index contributed by atoms with van der Waals surface area (Å²) in [5, 5.41) is 18.3. The highest BCUT2D eigenvalue weighted by atomic mass is 16.5. The highest BCUT2D eigenvalue weighted by Crippen LogP contribution is 2.42. The molecule has 4 N–H and O–H groups in total. The topological polar surface area (TPSA) is 177 Å². The summed E-state index contributed by atoms with van der Waals surface area (Å²) >= 11 is 0. The van der Waals surface area contributed by atoms with Gasteiger partial charge in [-0.05, 0) is 104 Å². The van der Waals surface area contributed by atoms with Crippen molar-refractivity contribution in [1.29, 1.82) is 0 Å². The van der Waals surface area contributed by atoms with Crippen LogP contribution in [0.3, 0.4) is 0 Å². The number of pyridine rings is 1. The molecule has 3 amide bonds. The van der Waals surface area contributed by atoms with E-state index < -0.39 is 29.5 Å². The maximum absolute atomic E-state index is 14.3. The summed E-state index contributed by atoms with van der Waals surface area (Å²) in [6, 6.07) is 13.4. The van der Waals surface area contributed by atoms with Gasteiger partial charge >= 0.3 is 5.97 Å². The first-order valence-electron chi connectivity index (χ1n) is 22.3. The maximum Gasteiger partial charge on any atom is 0.302 e. The Morgan fingerprint density at radius 3 is 2.56 bits per heavy atom. The second kappa shape index (κ2) is 19.2. The van der Waals surface area contributed by atoms with E-state index in [1.807, 2.05) is 39.0 Å². The lowest BCUT2D eigenvalue weighted by Crippen LogP contribution is -2.61. The summed E-state index contributed by atoms with van der Waals surface area (Å²) in [5.41, 5.74) is 13.0. The Bertz CT molecular complexity index is 2340. The number of nitrogens with zero attached hydrogens (tertiary/aromatic N) is 4. The molecule has 0 radical (unpaired) electrons. The molecular formula is C48H63N7O8. The molecule has 1 unspecified atom stereocenters. The number of hydrogen-bond acceptors (Lipinski definition) is 11. The zero-order chi connectivity index (χ0) is 45.2. The number of rotatable bonds is 16. The number of carbonyl (C=O) groups is 4. The first-order valence-corrected chi connectivity index (χ1v) is 22.3. The molecule has 3 aliphatic rings. The van der Waals surface area contributed by atoms with Gasteiger partial charge in [0.15, 0.2) is 6.10 Å². The Labute approximate surface area is 369 Å². The number of nitrogens with one attached hydrogen (secondary N) is 3. The molecule has 338 valence electrons. The van der Waals surface area contributed by atoms with Crippen molar-refractivity contribution in [2.75, 3.05) is 33.4 Å². The predicted octanol–water partition coefficient (Wildman–Crippen LogP) is 5.62. The van der Waals surface area contributed by atoms with E-state index >= 15 is 0 Å². The molecule has 5 heterocycles. The molecule has 0 bridgehead atoms. The Morgan fingerprint density at radius 1 is 1.08 bits per heavy atom. The summed E-state index contributed by atoms with van der Waals surface area (Å²) < 4.78 is 19.3. The van der Waals surface area contributed by atoms with E-state index in [1.54, 1.807) is 30.4 Å². The van der Waals surface area contributed by atoms with Crippen molar-refractivity contribution in [2.24, 2.45) is 11.3 Å². The fraction of sp³-hybridized carbons (Fsp3) is 0.521. The van der Waals surface area contributed by atoms with Crippen LogP contribution in [0, 0.1) is 11.3 Å². The fourth-order valence-corrected chi connectivity index (χ4v) is 9.29. The van der Waals surface area contributed by atoms with Gasteiger partial charge in [-0.1, -0.05) is 39.8 Å². The molecule has 15 nitrogen and oxygen atoms in total. The minimum atomic E-state index is -1.01. The predicted molar refractivity (Wildman–Crippen MR) is 239 cm³/mol. The van der Waals surface area contributed by atoms with Crippen molar-refractivity contribution in [1.82, 2.24) is 35.7 Å². The molecule has 3 saturated heterocycles. The average Bonchev–Trinajstić information content (AvgIpc) is 3.94. The van der Waals surface area contributed by atoms with E-state index in [9.17, 15) is 24.3 Å². The molecule has 7 rings (SSSR count). The quantitative estimate of drug-likeness (QED) is 0.103. The molecule has 2 aromatic carbocycles. The lowest BCUT2D eigenvalue weighted by atomic mass is 9.84. The number of aryl methyl sites for hydroxylation is 1. The normalized spacial score (nSPS) is 19.3. The summed E-state index contributed by atoms with van der Waals surface area (Å²) in [5.74, 6) is -1.65. The van der Waals surface area contributed by atoms with Gasteiger partial charge in [-0.3, -0.25) is 34.2 Å². The molecule has 4 aromatic rings. The van der Waals surface area contributed by atoms with E-state index in [-0.39, 0.29) is 54.6 Å². The van der Waals surface area contributed by atoms with Gasteiger partial charge in [0, 0.05) is 74.8 Å². The Balaban J connectivity index is 1.27. The van der Waals surface area contributed by atoms with Gasteiger partial charge < -0.3 is 29.2 Å². The molecule has 5 atom stereocenters. The lowest BCUT2D eigenvalue weighted by molar-refractivity contribution is -0.148. The van der Waals surface area contributed by atoms with Gasteiger partial charge in [0.25, 0.3) is 11.8 Å². The van der Waals surface area contributed by atoms with Crippen LogP contribution >= 0.6 is 0 Å². The molecule has 0 spiro atoms. The number of amides is 3. The van der Waals surface area contributed by atoms with E-state index in [0.29, 0.717) is 44.6 Å². The number of aromatic nitrogens is 2. The Kier molecular flexibility index (Phi) is 13.9. The number of hydrogen-bond donors (Lipinski definition) is 4. The van der Waals surface area contributed by atoms with E-state index in [1.165, 1.54) is 11.9 Å². The zero-order valence-electron chi connectivity index (χ0n) is 37.8. The molecule has 0 saturated carbocycles. The minimum Gasteiger partial charge on any atom is -0.508 e. The molecule has 15 heteroatoms. The van der Waals surface area contributed by atoms with Crippen LogP contribution in [-0.4, -0.2) is 106 Å². The van der Waals surface area contributed by atoms with Crippen LogP contribution in [0.1, 0.15) is 90.7 Å². The van der Waals surface area contributed by atoms with Crippen LogP contribution in [0.25, 0.3) is 33.3 Å². The highest BCUT2D eigenvalue weighted by Gasteiger charge is 2.49. The largest absolute Gasteiger partial charge is 0.508 e. The number of ether oxygens (including phenoxy) is 3. The zero-order valence-corrected chi connectivity index (χ0v) is 37.8. The van der Waals surface area contributed by atoms with Crippen molar-refractivity contribution in [2.45, 2.75) is 117 Å². The molecule has 2 aromatic heterocycles. The first-order chi connectivity index (χ1) is 30.1. The number of carbonyl (C=O) groups excluding carboxylic acids is 4. The fourth-order valence-electron chi connectivity index (χ4n) is 9.29. The number of methoxy groups -OCH3 is 1. The number of aromatic hydroxyl groups is 1. The van der Waals surface area contributed by atoms with E-state index in [2.05, 4.69) is 59.7 Å². The molecular weight excluding hydrogens is 803 g/mol. The first kappa shape index (κ1) is 45.7. The number of phenols is 1. The lowest BCUT2D eigenvalue weighted by Gasteiger charge is -2.34. The number of hydrazine groups is 2. The van der Waals surface area contributed by atoms with E-state index in [0.717, 1.165) is 57.4 Å². The number of benzene rings is 2.